The minimum atomic E-state index is 0.576. The molecule has 96 valence electrons. The molecular weight excluding hydrogens is 214 g/mol. The van der Waals surface area contributed by atoms with E-state index in [2.05, 4.69) is 6.92 Å². The van der Waals surface area contributed by atoms with Crippen LogP contribution in [-0.2, 0) is 4.74 Å². The fourth-order valence-electron chi connectivity index (χ4n) is 1.56. The Morgan fingerprint density at radius 1 is 1.06 bits per heavy atom. The molecule has 0 saturated carbocycles. The molecule has 1 aromatic rings. The first-order valence-electron chi connectivity index (χ1n) is 6.22. The van der Waals surface area contributed by atoms with Gasteiger partial charge in [0.25, 0.3) is 0 Å². The average molecular weight is 237 g/mol. The zero-order valence-corrected chi connectivity index (χ0v) is 11.1. The fraction of sp³-hybridized carbons (Fsp3) is 0.571. The third kappa shape index (κ3) is 4.65. The van der Waals surface area contributed by atoms with Crippen molar-refractivity contribution in [1.29, 1.82) is 0 Å². The summed E-state index contributed by atoms with van der Waals surface area (Å²) in [6.45, 7) is 8.20. The number of nitrogen functional groups attached to an aromatic ring is 1. The Balaban J connectivity index is 2.34. The third-order valence-corrected chi connectivity index (χ3v) is 2.69. The quantitative estimate of drug-likeness (QED) is 0.585. The number of benzene rings is 1. The van der Waals surface area contributed by atoms with E-state index in [1.54, 1.807) is 0 Å². The maximum absolute atomic E-state index is 5.85. The van der Waals surface area contributed by atoms with E-state index in [4.69, 9.17) is 15.2 Å². The molecule has 2 N–H and O–H groups in total. The zero-order chi connectivity index (χ0) is 12.7. The number of anilines is 1. The van der Waals surface area contributed by atoms with Crippen molar-refractivity contribution in [2.45, 2.75) is 33.6 Å². The molecule has 3 heteroatoms. The Morgan fingerprint density at radius 2 is 1.82 bits per heavy atom. The molecule has 0 aliphatic carbocycles. The van der Waals surface area contributed by atoms with Crippen molar-refractivity contribution in [3.05, 3.63) is 23.3 Å². The van der Waals surface area contributed by atoms with E-state index in [0.29, 0.717) is 13.2 Å². The van der Waals surface area contributed by atoms with E-state index in [-0.39, 0.29) is 0 Å². The Hall–Kier alpha value is -1.22. The van der Waals surface area contributed by atoms with Crippen LogP contribution >= 0.6 is 0 Å². The topological polar surface area (TPSA) is 44.5 Å². The summed E-state index contributed by atoms with van der Waals surface area (Å²) >= 11 is 0. The number of hydrogen-bond acceptors (Lipinski definition) is 3. The van der Waals surface area contributed by atoms with Crippen LogP contribution in [0.4, 0.5) is 5.69 Å². The van der Waals surface area contributed by atoms with Gasteiger partial charge in [0.1, 0.15) is 12.4 Å². The summed E-state index contributed by atoms with van der Waals surface area (Å²) in [5.74, 6) is 0.854. The van der Waals surface area contributed by atoms with Gasteiger partial charge in [-0.1, -0.05) is 19.4 Å². The molecule has 0 radical (unpaired) electrons. The van der Waals surface area contributed by atoms with Gasteiger partial charge < -0.3 is 15.2 Å². The van der Waals surface area contributed by atoms with Crippen LogP contribution in [0.5, 0.6) is 5.75 Å². The van der Waals surface area contributed by atoms with Crippen molar-refractivity contribution in [1.82, 2.24) is 0 Å². The summed E-state index contributed by atoms with van der Waals surface area (Å²) < 4.78 is 11.1. The molecule has 0 heterocycles. The Kier molecular flexibility index (Phi) is 5.84. The van der Waals surface area contributed by atoms with Crippen LogP contribution in [0.15, 0.2) is 12.1 Å². The largest absolute Gasteiger partial charge is 0.491 e. The molecule has 0 amide bonds. The van der Waals surface area contributed by atoms with Crippen LogP contribution in [0, 0.1) is 13.8 Å². The van der Waals surface area contributed by atoms with Crippen LogP contribution in [0.1, 0.15) is 30.9 Å². The predicted molar refractivity (Wildman–Crippen MR) is 71.6 cm³/mol. The summed E-state index contributed by atoms with van der Waals surface area (Å²) in [5, 5.41) is 0. The molecule has 1 aromatic carbocycles. The fourth-order valence-corrected chi connectivity index (χ4v) is 1.56. The molecule has 0 aliphatic rings. The van der Waals surface area contributed by atoms with Crippen LogP contribution in [0.3, 0.4) is 0 Å². The minimum absolute atomic E-state index is 0.576. The second-order valence-corrected chi connectivity index (χ2v) is 4.29. The first-order valence-corrected chi connectivity index (χ1v) is 6.22. The number of unbranched alkanes of at least 4 members (excludes halogenated alkanes) is 1. The zero-order valence-electron chi connectivity index (χ0n) is 11.1. The van der Waals surface area contributed by atoms with Gasteiger partial charge in [-0.2, -0.15) is 0 Å². The average Bonchev–Trinajstić information content (AvgIpc) is 2.30. The number of ether oxygens (including phenoxy) is 2. The van der Waals surface area contributed by atoms with Gasteiger partial charge in [0, 0.05) is 18.4 Å². The second-order valence-electron chi connectivity index (χ2n) is 4.29. The van der Waals surface area contributed by atoms with Gasteiger partial charge in [0.05, 0.1) is 6.61 Å². The van der Waals surface area contributed by atoms with Gasteiger partial charge in [-0.25, -0.2) is 0 Å². The number of hydrogen-bond donors (Lipinski definition) is 1. The lowest BCUT2D eigenvalue weighted by atomic mass is 10.1. The molecule has 0 fully saturated rings. The maximum Gasteiger partial charge on any atom is 0.124 e. The molecule has 0 atom stereocenters. The molecule has 0 bridgehead atoms. The van der Waals surface area contributed by atoms with Crippen molar-refractivity contribution in [3.63, 3.8) is 0 Å². The minimum Gasteiger partial charge on any atom is -0.491 e. The van der Waals surface area contributed by atoms with E-state index in [1.807, 2.05) is 26.0 Å². The summed E-state index contributed by atoms with van der Waals surface area (Å²) in [5.41, 5.74) is 8.83. The highest BCUT2D eigenvalue weighted by atomic mass is 16.5. The van der Waals surface area contributed by atoms with E-state index in [0.717, 1.165) is 42.0 Å². The summed E-state index contributed by atoms with van der Waals surface area (Å²) in [6, 6.07) is 3.93. The molecule has 0 aliphatic heterocycles. The van der Waals surface area contributed by atoms with Crippen molar-refractivity contribution < 1.29 is 9.47 Å². The molecule has 0 saturated heterocycles. The lowest BCUT2D eigenvalue weighted by Gasteiger charge is -2.11. The highest BCUT2D eigenvalue weighted by molar-refractivity contribution is 5.54. The SMILES string of the molecule is CCCCOCCOc1cc(N)c(C)cc1C. The molecule has 3 nitrogen and oxygen atoms in total. The van der Waals surface area contributed by atoms with Crippen LogP contribution in [0.25, 0.3) is 0 Å². The van der Waals surface area contributed by atoms with E-state index in [9.17, 15) is 0 Å². The summed E-state index contributed by atoms with van der Waals surface area (Å²) in [6.07, 6.45) is 2.27. The van der Waals surface area contributed by atoms with Crippen LogP contribution in [-0.4, -0.2) is 19.8 Å². The van der Waals surface area contributed by atoms with Gasteiger partial charge in [-0.3, -0.25) is 0 Å². The van der Waals surface area contributed by atoms with Crippen molar-refractivity contribution in [2.24, 2.45) is 0 Å². The monoisotopic (exact) mass is 237 g/mol. The van der Waals surface area contributed by atoms with E-state index < -0.39 is 0 Å². The van der Waals surface area contributed by atoms with Gasteiger partial charge >= 0.3 is 0 Å². The number of nitrogens with two attached hydrogens (primary N) is 1. The highest BCUT2D eigenvalue weighted by Gasteiger charge is 2.03. The molecule has 0 unspecified atom stereocenters. The van der Waals surface area contributed by atoms with Crippen molar-refractivity contribution in [3.8, 4) is 5.75 Å². The molecule has 0 aromatic heterocycles. The second kappa shape index (κ2) is 7.17. The summed E-state index contributed by atoms with van der Waals surface area (Å²) in [7, 11) is 0. The first-order chi connectivity index (χ1) is 8.15. The maximum atomic E-state index is 5.85. The first kappa shape index (κ1) is 13.8. The van der Waals surface area contributed by atoms with Crippen LogP contribution < -0.4 is 10.5 Å². The Morgan fingerprint density at radius 3 is 2.53 bits per heavy atom. The highest BCUT2D eigenvalue weighted by Crippen LogP contribution is 2.24. The Bertz CT molecular complexity index is 350. The van der Waals surface area contributed by atoms with Gasteiger partial charge in [-0.05, 0) is 31.4 Å². The summed E-state index contributed by atoms with van der Waals surface area (Å²) in [4.78, 5) is 0. The normalized spacial score (nSPS) is 10.5. The third-order valence-electron chi connectivity index (χ3n) is 2.69. The van der Waals surface area contributed by atoms with Crippen molar-refractivity contribution >= 4 is 5.69 Å². The van der Waals surface area contributed by atoms with Crippen molar-refractivity contribution in [2.75, 3.05) is 25.6 Å². The smallest absolute Gasteiger partial charge is 0.124 e. The Labute approximate surface area is 104 Å². The predicted octanol–water partition coefficient (Wildman–Crippen LogP) is 3.08. The lowest BCUT2D eigenvalue weighted by Crippen LogP contribution is -2.08. The standard InChI is InChI=1S/C14H23NO2/c1-4-5-6-16-7-8-17-14-10-13(15)11(2)9-12(14)3/h9-10H,4-8,15H2,1-3H3. The molecular formula is C14H23NO2. The molecule has 1 rings (SSSR count). The number of aryl methyl sites for hydroxylation is 2. The lowest BCUT2D eigenvalue weighted by molar-refractivity contribution is 0.0978. The van der Waals surface area contributed by atoms with Crippen LogP contribution in [0.2, 0.25) is 0 Å². The van der Waals surface area contributed by atoms with E-state index >= 15 is 0 Å². The number of rotatable bonds is 7. The molecule has 17 heavy (non-hydrogen) atoms. The van der Waals surface area contributed by atoms with Gasteiger partial charge in [0.2, 0.25) is 0 Å². The van der Waals surface area contributed by atoms with Gasteiger partial charge in [-0.15, -0.1) is 0 Å². The van der Waals surface area contributed by atoms with E-state index in [1.165, 1.54) is 0 Å². The van der Waals surface area contributed by atoms with Gasteiger partial charge in [0.15, 0.2) is 0 Å². The molecule has 0 spiro atoms.